The molecule has 1 N–H and O–H groups in total. The van der Waals surface area contributed by atoms with E-state index in [2.05, 4.69) is 10.4 Å². The molecule has 88 valence electrons. The Balaban J connectivity index is 0.00000128. The second-order valence-electron chi connectivity index (χ2n) is 3.33. The van der Waals surface area contributed by atoms with E-state index in [9.17, 15) is 4.39 Å². The van der Waals surface area contributed by atoms with Gasteiger partial charge in [0, 0.05) is 36.8 Å². The van der Waals surface area contributed by atoms with Crippen molar-refractivity contribution in [2.75, 3.05) is 0 Å². The fraction of sp³-hybridized carbons (Fsp3) is 0.300. The minimum atomic E-state index is -0.131. The van der Waals surface area contributed by atoms with Gasteiger partial charge in [-0.3, -0.25) is 4.68 Å². The summed E-state index contributed by atoms with van der Waals surface area (Å²) in [5, 5.41) is 7.17. The summed E-state index contributed by atoms with van der Waals surface area (Å²) in [6.07, 6.45) is 3.78. The minimum absolute atomic E-state index is 0. The largest absolute Gasteiger partial charge is 0.308 e. The Morgan fingerprint density at radius 1 is 1.44 bits per heavy atom. The monoisotopic (exact) mass is 261 g/mol. The summed E-state index contributed by atoms with van der Waals surface area (Å²) < 4.78 is 14.4. The fourth-order valence-electron chi connectivity index (χ4n) is 1.34. The van der Waals surface area contributed by atoms with Gasteiger partial charge in [-0.15, -0.1) is 23.7 Å². The number of nitrogens with one attached hydrogen (secondary N) is 1. The van der Waals surface area contributed by atoms with Gasteiger partial charge in [-0.2, -0.15) is 9.49 Å². The van der Waals surface area contributed by atoms with Gasteiger partial charge in [0.05, 0.1) is 6.20 Å². The van der Waals surface area contributed by atoms with Crippen LogP contribution in [0.2, 0.25) is 0 Å². The maximum atomic E-state index is 12.7. The lowest BCUT2D eigenvalue weighted by atomic mass is 10.3. The Morgan fingerprint density at radius 3 is 2.81 bits per heavy atom. The molecule has 3 nitrogen and oxygen atoms in total. The second kappa shape index (κ2) is 5.98. The first-order valence-corrected chi connectivity index (χ1v) is 5.48. The smallest absolute Gasteiger partial charge is 0.176 e. The third-order valence-electron chi connectivity index (χ3n) is 2.02. The standard InChI is InChI=1S/C10H12FN3S.ClH/c1-14-7-8(5-13-14)4-12-6-9-2-3-10(11)15-9;/h2-3,5,7,12H,4,6H2,1H3;1H. The van der Waals surface area contributed by atoms with Crippen LogP contribution in [0.3, 0.4) is 0 Å². The molecule has 0 amide bonds. The molecule has 2 aromatic rings. The summed E-state index contributed by atoms with van der Waals surface area (Å²) in [6, 6.07) is 3.29. The highest BCUT2D eigenvalue weighted by atomic mass is 35.5. The zero-order chi connectivity index (χ0) is 10.7. The predicted octanol–water partition coefficient (Wildman–Crippen LogP) is 2.33. The highest BCUT2D eigenvalue weighted by molar-refractivity contribution is 7.10. The van der Waals surface area contributed by atoms with Crippen LogP contribution in [0.5, 0.6) is 0 Å². The van der Waals surface area contributed by atoms with E-state index in [1.54, 1.807) is 10.7 Å². The van der Waals surface area contributed by atoms with Crippen molar-refractivity contribution in [1.29, 1.82) is 0 Å². The molecule has 0 atom stereocenters. The van der Waals surface area contributed by atoms with Crippen molar-refractivity contribution in [3.63, 3.8) is 0 Å². The van der Waals surface area contributed by atoms with Crippen molar-refractivity contribution in [1.82, 2.24) is 15.1 Å². The first kappa shape index (κ1) is 13.2. The van der Waals surface area contributed by atoms with Crippen LogP contribution >= 0.6 is 23.7 Å². The van der Waals surface area contributed by atoms with Gasteiger partial charge in [-0.25, -0.2) is 0 Å². The molecule has 0 saturated heterocycles. The SMILES string of the molecule is Cl.Cn1cc(CNCc2ccc(F)s2)cn1. The van der Waals surface area contributed by atoms with Crippen LogP contribution < -0.4 is 5.32 Å². The number of hydrogen-bond acceptors (Lipinski definition) is 3. The normalized spacial score (nSPS) is 10.1. The molecule has 0 bridgehead atoms. The molecule has 0 unspecified atom stereocenters. The molecular weight excluding hydrogens is 249 g/mol. The molecule has 6 heteroatoms. The van der Waals surface area contributed by atoms with E-state index in [4.69, 9.17) is 0 Å². The molecular formula is C10H13ClFN3S. The number of nitrogens with zero attached hydrogens (tertiary/aromatic N) is 2. The molecule has 0 saturated carbocycles. The van der Waals surface area contributed by atoms with Crippen LogP contribution in [0.15, 0.2) is 24.5 Å². The molecule has 0 aliphatic heterocycles. The molecule has 0 aliphatic rings. The van der Waals surface area contributed by atoms with Gasteiger partial charge in [0.25, 0.3) is 0 Å². The van der Waals surface area contributed by atoms with Crippen molar-refractivity contribution in [3.8, 4) is 0 Å². The van der Waals surface area contributed by atoms with E-state index in [0.29, 0.717) is 6.54 Å². The Morgan fingerprint density at radius 2 is 2.25 bits per heavy atom. The molecule has 0 aliphatic carbocycles. The van der Waals surface area contributed by atoms with Crippen molar-refractivity contribution >= 4 is 23.7 Å². The van der Waals surface area contributed by atoms with E-state index >= 15 is 0 Å². The third kappa shape index (κ3) is 3.59. The van der Waals surface area contributed by atoms with Crippen molar-refractivity contribution in [3.05, 3.63) is 40.1 Å². The number of hydrogen-bond donors (Lipinski definition) is 1. The van der Waals surface area contributed by atoms with Gasteiger partial charge in [0.2, 0.25) is 0 Å². The second-order valence-corrected chi connectivity index (χ2v) is 4.45. The van der Waals surface area contributed by atoms with E-state index in [0.717, 1.165) is 17.0 Å². The zero-order valence-electron chi connectivity index (χ0n) is 8.81. The predicted molar refractivity (Wildman–Crippen MR) is 65.3 cm³/mol. The van der Waals surface area contributed by atoms with Gasteiger partial charge >= 0.3 is 0 Å². The number of rotatable bonds is 4. The van der Waals surface area contributed by atoms with Gasteiger partial charge in [-0.1, -0.05) is 0 Å². The Kier molecular flexibility index (Phi) is 4.92. The minimum Gasteiger partial charge on any atom is -0.308 e. The first-order chi connectivity index (χ1) is 7.24. The molecule has 2 aromatic heterocycles. The molecule has 0 aromatic carbocycles. The summed E-state index contributed by atoms with van der Waals surface area (Å²) in [4.78, 5) is 1.01. The lowest BCUT2D eigenvalue weighted by molar-refractivity contribution is 0.657. The molecule has 2 heterocycles. The number of thiophene rings is 1. The molecule has 16 heavy (non-hydrogen) atoms. The first-order valence-electron chi connectivity index (χ1n) is 4.66. The average Bonchev–Trinajstić information content (AvgIpc) is 2.76. The summed E-state index contributed by atoms with van der Waals surface area (Å²) in [5.74, 6) is 0. The van der Waals surface area contributed by atoms with Crippen LogP contribution in [-0.2, 0) is 20.1 Å². The summed E-state index contributed by atoms with van der Waals surface area (Å²) in [7, 11) is 1.89. The van der Waals surface area contributed by atoms with E-state index in [-0.39, 0.29) is 17.5 Å². The maximum Gasteiger partial charge on any atom is 0.176 e. The zero-order valence-corrected chi connectivity index (χ0v) is 10.4. The Labute approximate surface area is 104 Å². The maximum absolute atomic E-state index is 12.7. The number of halogens is 2. The van der Waals surface area contributed by atoms with Gasteiger partial charge in [0.1, 0.15) is 0 Å². The van der Waals surface area contributed by atoms with Crippen molar-refractivity contribution in [2.45, 2.75) is 13.1 Å². The molecule has 2 rings (SSSR count). The lowest BCUT2D eigenvalue weighted by Crippen LogP contribution is -2.11. The molecule has 0 spiro atoms. The van der Waals surface area contributed by atoms with Crippen LogP contribution in [-0.4, -0.2) is 9.78 Å². The van der Waals surface area contributed by atoms with Crippen LogP contribution in [0.25, 0.3) is 0 Å². The topological polar surface area (TPSA) is 29.9 Å². The highest BCUT2D eigenvalue weighted by Gasteiger charge is 1.99. The van der Waals surface area contributed by atoms with Gasteiger partial charge < -0.3 is 5.32 Å². The molecule has 0 radical (unpaired) electrons. The van der Waals surface area contributed by atoms with Crippen LogP contribution in [0.4, 0.5) is 4.39 Å². The van der Waals surface area contributed by atoms with Crippen molar-refractivity contribution < 1.29 is 4.39 Å². The average molecular weight is 262 g/mol. The van der Waals surface area contributed by atoms with E-state index < -0.39 is 0 Å². The summed E-state index contributed by atoms with van der Waals surface area (Å²) >= 11 is 1.18. The van der Waals surface area contributed by atoms with E-state index in [1.807, 2.05) is 19.4 Å². The van der Waals surface area contributed by atoms with Crippen LogP contribution in [0, 0.1) is 5.13 Å². The number of aryl methyl sites for hydroxylation is 1. The van der Waals surface area contributed by atoms with Crippen LogP contribution in [0.1, 0.15) is 10.4 Å². The third-order valence-corrected chi connectivity index (χ3v) is 2.89. The molecule has 0 fully saturated rings. The Hall–Kier alpha value is -0.910. The summed E-state index contributed by atoms with van der Waals surface area (Å²) in [6.45, 7) is 1.46. The number of aromatic nitrogens is 2. The van der Waals surface area contributed by atoms with Gasteiger partial charge in [-0.05, 0) is 12.1 Å². The highest BCUT2D eigenvalue weighted by Crippen LogP contribution is 2.13. The fourth-order valence-corrected chi connectivity index (χ4v) is 2.04. The van der Waals surface area contributed by atoms with Crippen molar-refractivity contribution in [2.24, 2.45) is 7.05 Å². The lowest BCUT2D eigenvalue weighted by Gasteiger charge is -1.99. The quantitative estimate of drug-likeness (QED) is 0.916. The summed E-state index contributed by atoms with van der Waals surface area (Å²) in [5.41, 5.74) is 1.13. The Bertz CT molecular complexity index is 400. The van der Waals surface area contributed by atoms with E-state index in [1.165, 1.54) is 17.4 Å². The van der Waals surface area contributed by atoms with Gasteiger partial charge in [0.15, 0.2) is 5.13 Å².